The molecule has 2 N–H and O–H groups in total. The molecule has 0 unspecified atom stereocenters. The van der Waals surface area contributed by atoms with E-state index in [4.69, 9.17) is 0 Å². The van der Waals surface area contributed by atoms with Gasteiger partial charge in [0.2, 0.25) is 5.91 Å². The van der Waals surface area contributed by atoms with Crippen LogP contribution < -0.4 is 10.6 Å². The van der Waals surface area contributed by atoms with E-state index in [9.17, 15) is 4.79 Å². The van der Waals surface area contributed by atoms with Gasteiger partial charge in [0.1, 0.15) is 0 Å². The van der Waals surface area contributed by atoms with Gasteiger partial charge >= 0.3 is 0 Å². The van der Waals surface area contributed by atoms with Crippen LogP contribution in [-0.4, -0.2) is 25.0 Å². The lowest BCUT2D eigenvalue weighted by Gasteiger charge is -2.23. The molecule has 18 heavy (non-hydrogen) atoms. The van der Waals surface area contributed by atoms with Crippen LogP contribution in [0.5, 0.6) is 0 Å². The molecule has 102 valence electrons. The highest BCUT2D eigenvalue weighted by Gasteiger charge is 2.23. The predicted molar refractivity (Wildman–Crippen MR) is 81.2 cm³/mol. The van der Waals surface area contributed by atoms with Gasteiger partial charge < -0.3 is 10.6 Å². The number of rotatable bonds is 6. The zero-order chi connectivity index (χ0) is 13.8. The molecule has 3 nitrogen and oxygen atoms in total. The van der Waals surface area contributed by atoms with Gasteiger partial charge in [0.15, 0.2) is 0 Å². The van der Waals surface area contributed by atoms with Crippen LogP contribution in [0.15, 0.2) is 15.9 Å². The minimum Gasteiger partial charge on any atom is -0.354 e. The standard InChI is InChI=1S/C13H21BrN2OS/c1-9(2)15-6-12(17)16-8-13(3,4)11-5-10(14)7-18-11/h5,7,9,15H,6,8H2,1-4H3,(H,16,17). The molecule has 0 aromatic carbocycles. The number of thiophene rings is 1. The van der Waals surface area contributed by atoms with Crippen molar-refractivity contribution in [1.82, 2.24) is 10.6 Å². The van der Waals surface area contributed by atoms with Crippen LogP contribution in [0.3, 0.4) is 0 Å². The van der Waals surface area contributed by atoms with Crippen molar-refractivity contribution in [2.24, 2.45) is 0 Å². The van der Waals surface area contributed by atoms with Crippen LogP contribution in [0.4, 0.5) is 0 Å². The van der Waals surface area contributed by atoms with Gasteiger partial charge in [-0.15, -0.1) is 11.3 Å². The Morgan fingerprint density at radius 2 is 2.17 bits per heavy atom. The van der Waals surface area contributed by atoms with Gasteiger partial charge in [-0.05, 0) is 22.0 Å². The van der Waals surface area contributed by atoms with Crippen molar-refractivity contribution in [1.29, 1.82) is 0 Å². The molecule has 0 saturated carbocycles. The fourth-order valence-electron chi connectivity index (χ4n) is 1.43. The van der Waals surface area contributed by atoms with Gasteiger partial charge in [0, 0.05) is 32.7 Å². The summed E-state index contributed by atoms with van der Waals surface area (Å²) >= 11 is 5.17. The molecular formula is C13H21BrN2OS. The monoisotopic (exact) mass is 332 g/mol. The molecule has 0 saturated heterocycles. The molecule has 1 amide bonds. The van der Waals surface area contributed by atoms with E-state index in [1.165, 1.54) is 4.88 Å². The summed E-state index contributed by atoms with van der Waals surface area (Å²) in [6.45, 7) is 9.37. The molecule has 0 aliphatic rings. The zero-order valence-corrected chi connectivity index (χ0v) is 13.7. The van der Waals surface area contributed by atoms with Crippen LogP contribution in [-0.2, 0) is 10.2 Å². The van der Waals surface area contributed by atoms with E-state index < -0.39 is 0 Å². The second kappa shape index (κ2) is 6.68. The number of nitrogens with one attached hydrogen (secondary N) is 2. The van der Waals surface area contributed by atoms with Gasteiger partial charge in [0.05, 0.1) is 6.54 Å². The third kappa shape index (κ3) is 5.08. The van der Waals surface area contributed by atoms with Crippen LogP contribution in [0.2, 0.25) is 0 Å². The minimum absolute atomic E-state index is 0.0375. The Hall–Kier alpha value is -0.390. The van der Waals surface area contributed by atoms with E-state index >= 15 is 0 Å². The van der Waals surface area contributed by atoms with E-state index in [0.717, 1.165) is 4.47 Å². The fraction of sp³-hybridized carbons (Fsp3) is 0.615. The summed E-state index contributed by atoms with van der Waals surface area (Å²) in [4.78, 5) is 12.9. The molecule has 0 aliphatic carbocycles. The van der Waals surface area contributed by atoms with E-state index in [2.05, 4.69) is 51.9 Å². The maximum absolute atomic E-state index is 11.7. The van der Waals surface area contributed by atoms with Crippen LogP contribution in [0, 0.1) is 0 Å². The lowest BCUT2D eigenvalue weighted by Crippen LogP contribution is -2.42. The largest absolute Gasteiger partial charge is 0.354 e. The third-order valence-corrected chi connectivity index (χ3v) is 4.69. The summed E-state index contributed by atoms with van der Waals surface area (Å²) in [6, 6.07) is 2.44. The number of hydrogen-bond acceptors (Lipinski definition) is 3. The van der Waals surface area contributed by atoms with Crippen molar-refractivity contribution >= 4 is 33.2 Å². The number of carbonyl (C=O) groups excluding carboxylic acids is 1. The third-order valence-electron chi connectivity index (χ3n) is 2.63. The van der Waals surface area contributed by atoms with Crippen molar-refractivity contribution in [3.05, 3.63) is 20.8 Å². The normalized spacial score (nSPS) is 11.9. The van der Waals surface area contributed by atoms with Crippen LogP contribution in [0.1, 0.15) is 32.6 Å². The molecule has 1 aromatic rings. The van der Waals surface area contributed by atoms with Crippen molar-refractivity contribution in [3.8, 4) is 0 Å². The minimum atomic E-state index is -0.0375. The molecule has 0 fully saturated rings. The molecular weight excluding hydrogens is 312 g/mol. The molecule has 1 rings (SSSR count). The summed E-state index contributed by atoms with van der Waals surface area (Å²) in [6.07, 6.45) is 0. The molecule has 0 spiro atoms. The molecule has 1 heterocycles. The highest BCUT2D eigenvalue weighted by atomic mass is 79.9. The molecule has 0 bridgehead atoms. The lowest BCUT2D eigenvalue weighted by molar-refractivity contribution is -0.120. The van der Waals surface area contributed by atoms with Gasteiger partial charge in [-0.25, -0.2) is 0 Å². The number of halogens is 1. The first-order valence-corrected chi connectivity index (χ1v) is 7.73. The molecule has 1 aromatic heterocycles. The Labute approximate surface area is 121 Å². The SMILES string of the molecule is CC(C)NCC(=O)NCC(C)(C)c1cc(Br)cs1. The highest BCUT2D eigenvalue weighted by molar-refractivity contribution is 9.10. The van der Waals surface area contributed by atoms with Gasteiger partial charge in [-0.2, -0.15) is 0 Å². The Morgan fingerprint density at radius 3 is 2.67 bits per heavy atom. The number of carbonyl (C=O) groups is 1. The summed E-state index contributed by atoms with van der Waals surface area (Å²) < 4.78 is 1.10. The first-order chi connectivity index (χ1) is 8.31. The maximum atomic E-state index is 11.7. The van der Waals surface area contributed by atoms with Gasteiger partial charge in [-0.3, -0.25) is 4.79 Å². The summed E-state index contributed by atoms with van der Waals surface area (Å²) in [7, 11) is 0. The predicted octanol–water partition coefficient (Wildman–Crippen LogP) is 2.90. The van der Waals surface area contributed by atoms with E-state index in [-0.39, 0.29) is 11.3 Å². The van der Waals surface area contributed by atoms with Gasteiger partial charge in [0.25, 0.3) is 0 Å². The van der Waals surface area contributed by atoms with E-state index in [1.54, 1.807) is 11.3 Å². The lowest BCUT2D eigenvalue weighted by atomic mass is 9.91. The Morgan fingerprint density at radius 1 is 1.50 bits per heavy atom. The van der Waals surface area contributed by atoms with Crippen molar-refractivity contribution in [3.63, 3.8) is 0 Å². The Bertz CT molecular complexity index is 401. The molecule has 0 aliphatic heterocycles. The van der Waals surface area contributed by atoms with Crippen molar-refractivity contribution in [2.45, 2.75) is 39.2 Å². The summed E-state index contributed by atoms with van der Waals surface area (Å²) in [5.41, 5.74) is -0.0375. The first-order valence-electron chi connectivity index (χ1n) is 6.06. The van der Waals surface area contributed by atoms with E-state index in [0.29, 0.717) is 19.1 Å². The van der Waals surface area contributed by atoms with Crippen molar-refractivity contribution in [2.75, 3.05) is 13.1 Å². The maximum Gasteiger partial charge on any atom is 0.233 e. The van der Waals surface area contributed by atoms with Crippen LogP contribution >= 0.6 is 27.3 Å². The first kappa shape index (κ1) is 15.7. The molecule has 0 radical (unpaired) electrons. The second-order valence-corrected chi connectivity index (χ2v) is 7.15. The summed E-state index contributed by atoms with van der Waals surface area (Å²) in [5, 5.41) is 8.15. The Kier molecular flexibility index (Phi) is 5.82. The number of hydrogen-bond donors (Lipinski definition) is 2. The van der Waals surface area contributed by atoms with Gasteiger partial charge in [-0.1, -0.05) is 27.7 Å². The average molecular weight is 333 g/mol. The fourth-order valence-corrected chi connectivity index (χ4v) is 2.99. The van der Waals surface area contributed by atoms with E-state index in [1.807, 2.05) is 13.8 Å². The quantitative estimate of drug-likeness (QED) is 0.840. The molecule has 0 atom stereocenters. The second-order valence-electron chi connectivity index (χ2n) is 5.33. The van der Waals surface area contributed by atoms with Crippen LogP contribution in [0.25, 0.3) is 0 Å². The average Bonchev–Trinajstić information content (AvgIpc) is 2.71. The smallest absolute Gasteiger partial charge is 0.233 e. The molecule has 5 heteroatoms. The Balaban J connectivity index is 2.44. The zero-order valence-electron chi connectivity index (χ0n) is 11.3. The van der Waals surface area contributed by atoms with Crippen molar-refractivity contribution < 1.29 is 4.79 Å². The number of amides is 1. The highest BCUT2D eigenvalue weighted by Crippen LogP contribution is 2.30. The summed E-state index contributed by atoms with van der Waals surface area (Å²) in [5.74, 6) is 0.0485. The topological polar surface area (TPSA) is 41.1 Å².